The summed E-state index contributed by atoms with van der Waals surface area (Å²) in [5, 5.41) is 13.2. The molecular weight excluding hydrogens is 404 g/mol. The molecule has 0 saturated heterocycles. The summed E-state index contributed by atoms with van der Waals surface area (Å²) in [4.78, 5) is 12.4. The number of hydrogen-bond donors (Lipinski definition) is 1. The zero-order valence-corrected chi connectivity index (χ0v) is 18.4. The first-order valence-electron chi connectivity index (χ1n) is 9.55. The van der Waals surface area contributed by atoms with Crippen molar-refractivity contribution in [2.24, 2.45) is 0 Å². The third-order valence-corrected chi connectivity index (χ3v) is 5.92. The van der Waals surface area contributed by atoms with E-state index >= 15 is 0 Å². The molecule has 0 bridgehead atoms. The lowest BCUT2D eigenvalue weighted by Gasteiger charge is -2.24. The van der Waals surface area contributed by atoms with Crippen molar-refractivity contribution in [2.75, 3.05) is 5.75 Å². The molecule has 0 aliphatic heterocycles. The molecule has 152 valence electrons. The number of nitrogens with zero attached hydrogens (tertiary/aromatic N) is 3. The van der Waals surface area contributed by atoms with Crippen LogP contribution in [0.4, 0.5) is 0 Å². The topological polar surface area (TPSA) is 59.8 Å². The van der Waals surface area contributed by atoms with Crippen molar-refractivity contribution in [3.63, 3.8) is 0 Å². The van der Waals surface area contributed by atoms with Crippen LogP contribution in [-0.4, -0.2) is 32.0 Å². The van der Waals surface area contributed by atoms with Gasteiger partial charge in [0.2, 0.25) is 5.91 Å². The Bertz CT molecular complexity index is 955. The Morgan fingerprint density at radius 1 is 1.10 bits per heavy atom. The van der Waals surface area contributed by atoms with Crippen LogP contribution in [0, 0.1) is 0 Å². The minimum absolute atomic E-state index is 0.0100. The van der Waals surface area contributed by atoms with E-state index in [2.05, 4.69) is 34.6 Å². The van der Waals surface area contributed by atoms with Crippen LogP contribution in [0.2, 0.25) is 5.02 Å². The van der Waals surface area contributed by atoms with E-state index in [9.17, 15) is 4.79 Å². The van der Waals surface area contributed by atoms with Crippen LogP contribution >= 0.6 is 23.4 Å². The molecule has 0 saturated carbocycles. The lowest BCUT2D eigenvalue weighted by Crippen LogP contribution is -2.43. The van der Waals surface area contributed by atoms with Crippen molar-refractivity contribution >= 4 is 29.3 Å². The Labute approximate surface area is 180 Å². The molecule has 0 aliphatic carbocycles. The van der Waals surface area contributed by atoms with Crippen molar-refractivity contribution in [3.8, 4) is 11.4 Å². The van der Waals surface area contributed by atoms with E-state index in [4.69, 9.17) is 11.6 Å². The van der Waals surface area contributed by atoms with Crippen LogP contribution in [0.15, 0.2) is 59.8 Å². The predicted molar refractivity (Wildman–Crippen MR) is 119 cm³/mol. The lowest BCUT2D eigenvalue weighted by molar-refractivity contribution is -0.120. The molecule has 0 spiro atoms. The number of benzene rings is 2. The summed E-state index contributed by atoms with van der Waals surface area (Å²) in [6, 6.07) is 17.7. The third-order valence-electron chi connectivity index (χ3n) is 4.70. The number of thioether (sulfide) groups is 1. The molecule has 0 unspecified atom stereocenters. The molecule has 7 heteroatoms. The number of nitrogens with one attached hydrogen (secondary N) is 1. The van der Waals surface area contributed by atoms with Gasteiger partial charge in [0.05, 0.1) is 12.3 Å². The van der Waals surface area contributed by atoms with E-state index in [1.54, 1.807) is 0 Å². The number of rotatable bonds is 8. The maximum absolute atomic E-state index is 12.4. The Balaban J connectivity index is 1.84. The van der Waals surface area contributed by atoms with Gasteiger partial charge in [0.15, 0.2) is 11.0 Å². The highest BCUT2D eigenvalue weighted by Crippen LogP contribution is 2.26. The summed E-state index contributed by atoms with van der Waals surface area (Å²) < 4.78 is 2.04. The molecule has 3 rings (SSSR count). The lowest BCUT2D eigenvalue weighted by atomic mass is 10.0. The van der Waals surface area contributed by atoms with Crippen molar-refractivity contribution in [1.29, 1.82) is 0 Å². The van der Waals surface area contributed by atoms with E-state index in [0.29, 0.717) is 16.7 Å². The number of amides is 1. The molecule has 0 radical (unpaired) electrons. The van der Waals surface area contributed by atoms with Crippen molar-refractivity contribution in [1.82, 2.24) is 20.1 Å². The second-order valence-electron chi connectivity index (χ2n) is 7.46. The molecule has 5 nitrogen and oxygen atoms in total. The molecule has 29 heavy (non-hydrogen) atoms. The zero-order valence-electron chi connectivity index (χ0n) is 16.9. The first-order valence-corrected chi connectivity index (χ1v) is 10.9. The minimum Gasteiger partial charge on any atom is -0.351 e. The number of carbonyl (C=O) groups is 1. The van der Waals surface area contributed by atoms with Gasteiger partial charge in [-0.05, 0) is 50.1 Å². The van der Waals surface area contributed by atoms with E-state index in [1.807, 2.05) is 60.9 Å². The van der Waals surface area contributed by atoms with Gasteiger partial charge in [0, 0.05) is 16.1 Å². The smallest absolute Gasteiger partial charge is 0.230 e. The van der Waals surface area contributed by atoms with Gasteiger partial charge in [-0.1, -0.05) is 60.6 Å². The molecule has 1 N–H and O–H groups in total. The van der Waals surface area contributed by atoms with E-state index < -0.39 is 0 Å². The van der Waals surface area contributed by atoms with Gasteiger partial charge in [0.25, 0.3) is 0 Å². The quantitative estimate of drug-likeness (QED) is 0.510. The SMILES string of the molecule is CCC(C)(C)NC(=O)CSc1nnc(-c2ccc(Cl)cc2)n1Cc1ccccc1. The standard InChI is InChI=1S/C22H25ClN4OS/c1-4-22(2,3)24-19(28)15-29-21-26-25-20(17-10-12-18(23)13-11-17)27(21)14-16-8-6-5-7-9-16/h5-13H,4,14-15H2,1-3H3,(H,24,28). The Morgan fingerprint density at radius 3 is 2.45 bits per heavy atom. The van der Waals surface area contributed by atoms with Crippen LogP contribution in [0.1, 0.15) is 32.8 Å². The minimum atomic E-state index is -0.218. The normalized spacial score (nSPS) is 11.4. The fourth-order valence-electron chi connectivity index (χ4n) is 2.75. The maximum atomic E-state index is 12.4. The molecule has 1 heterocycles. The summed E-state index contributed by atoms with van der Waals surface area (Å²) in [5.74, 6) is 1.03. The van der Waals surface area contributed by atoms with Crippen molar-refractivity contribution < 1.29 is 4.79 Å². The average molecular weight is 429 g/mol. The van der Waals surface area contributed by atoms with Gasteiger partial charge < -0.3 is 5.32 Å². The molecule has 0 atom stereocenters. The Hall–Kier alpha value is -2.31. The fraction of sp³-hybridized carbons (Fsp3) is 0.318. The van der Waals surface area contributed by atoms with Crippen LogP contribution in [0.3, 0.4) is 0 Å². The number of carbonyl (C=O) groups excluding carboxylic acids is 1. The van der Waals surface area contributed by atoms with E-state index in [-0.39, 0.29) is 17.2 Å². The van der Waals surface area contributed by atoms with Gasteiger partial charge in [-0.25, -0.2) is 0 Å². The van der Waals surface area contributed by atoms with Gasteiger partial charge >= 0.3 is 0 Å². The summed E-state index contributed by atoms with van der Waals surface area (Å²) in [5.41, 5.74) is 1.85. The van der Waals surface area contributed by atoms with Gasteiger partial charge in [-0.2, -0.15) is 0 Å². The van der Waals surface area contributed by atoms with Crippen LogP contribution in [0.5, 0.6) is 0 Å². The van der Waals surface area contributed by atoms with Crippen molar-refractivity contribution in [2.45, 2.75) is 44.4 Å². The summed E-state index contributed by atoms with van der Waals surface area (Å²) >= 11 is 7.43. The largest absolute Gasteiger partial charge is 0.351 e. The highest BCUT2D eigenvalue weighted by Gasteiger charge is 2.20. The fourth-order valence-corrected chi connectivity index (χ4v) is 3.61. The van der Waals surface area contributed by atoms with Crippen LogP contribution in [-0.2, 0) is 11.3 Å². The Kier molecular flexibility index (Phi) is 6.98. The summed E-state index contributed by atoms with van der Waals surface area (Å²) in [6.45, 7) is 6.72. The molecule has 1 aromatic heterocycles. The molecular formula is C22H25ClN4OS. The van der Waals surface area contributed by atoms with Gasteiger partial charge in [-0.15, -0.1) is 10.2 Å². The first kappa shape index (κ1) is 21.4. The zero-order chi connectivity index (χ0) is 20.9. The second-order valence-corrected chi connectivity index (χ2v) is 8.84. The average Bonchev–Trinajstić information content (AvgIpc) is 3.10. The molecule has 0 aliphatic rings. The van der Waals surface area contributed by atoms with Crippen LogP contribution in [0.25, 0.3) is 11.4 Å². The highest BCUT2D eigenvalue weighted by atomic mass is 35.5. The molecule has 3 aromatic rings. The predicted octanol–water partition coefficient (Wildman–Crippen LogP) is 5.04. The van der Waals surface area contributed by atoms with Crippen molar-refractivity contribution in [3.05, 3.63) is 65.2 Å². The van der Waals surface area contributed by atoms with Gasteiger partial charge in [-0.3, -0.25) is 9.36 Å². The van der Waals surface area contributed by atoms with E-state index in [0.717, 1.165) is 23.4 Å². The molecule has 2 aromatic carbocycles. The highest BCUT2D eigenvalue weighted by molar-refractivity contribution is 7.99. The van der Waals surface area contributed by atoms with Crippen LogP contribution < -0.4 is 5.32 Å². The summed E-state index contributed by atoms with van der Waals surface area (Å²) in [7, 11) is 0. The number of halogens is 1. The molecule has 0 fully saturated rings. The number of hydrogen-bond acceptors (Lipinski definition) is 4. The maximum Gasteiger partial charge on any atom is 0.230 e. The monoisotopic (exact) mass is 428 g/mol. The second kappa shape index (κ2) is 9.46. The van der Waals surface area contributed by atoms with Gasteiger partial charge in [0.1, 0.15) is 0 Å². The third kappa shape index (κ3) is 5.84. The first-order chi connectivity index (χ1) is 13.9. The summed E-state index contributed by atoms with van der Waals surface area (Å²) in [6.07, 6.45) is 0.869. The number of aromatic nitrogens is 3. The molecule has 1 amide bonds. The Morgan fingerprint density at radius 2 is 1.79 bits per heavy atom. The van der Waals surface area contributed by atoms with E-state index in [1.165, 1.54) is 11.8 Å².